The van der Waals surface area contributed by atoms with Crippen LogP contribution in [0, 0.1) is 0 Å². The molecule has 0 aliphatic carbocycles. The zero-order chi connectivity index (χ0) is 15.4. The van der Waals surface area contributed by atoms with Crippen LogP contribution in [0.5, 0.6) is 0 Å². The van der Waals surface area contributed by atoms with E-state index < -0.39 is 6.10 Å². The summed E-state index contributed by atoms with van der Waals surface area (Å²) in [7, 11) is 0. The quantitative estimate of drug-likeness (QED) is 0.757. The van der Waals surface area contributed by atoms with Crippen LogP contribution in [0.2, 0.25) is 0 Å². The molecule has 1 aromatic carbocycles. The molecule has 1 amide bonds. The number of likely N-dealkylation sites (tertiary alicyclic amines) is 1. The molecule has 2 saturated heterocycles. The van der Waals surface area contributed by atoms with Crippen LogP contribution in [-0.4, -0.2) is 53.7 Å². The van der Waals surface area contributed by atoms with Gasteiger partial charge in [-0.3, -0.25) is 9.69 Å². The second-order valence-electron chi connectivity index (χ2n) is 6.42. The molecular formula is C17H25N3O2. The SMILES string of the molecule is O=C(NC1CCCN(Cc2ccccc2)C1)C1CC(O)CN1. The zero-order valence-corrected chi connectivity index (χ0v) is 12.9. The maximum atomic E-state index is 12.2. The van der Waals surface area contributed by atoms with Crippen molar-refractivity contribution in [2.24, 2.45) is 0 Å². The smallest absolute Gasteiger partial charge is 0.237 e. The van der Waals surface area contributed by atoms with Gasteiger partial charge in [0.25, 0.3) is 0 Å². The molecule has 2 fully saturated rings. The van der Waals surface area contributed by atoms with Crippen LogP contribution in [0.3, 0.4) is 0 Å². The van der Waals surface area contributed by atoms with Gasteiger partial charge in [-0.25, -0.2) is 0 Å². The molecule has 22 heavy (non-hydrogen) atoms. The summed E-state index contributed by atoms with van der Waals surface area (Å²) in [5.41, 5.74) is 1.31. The largest absolute Gasteiger partial charge is 0.392 e. The summed E-state index contributed by atoms with van der Waals surface area (Å²) in [6.45, 7) is 3.44. The highest BCUT2D eigenvalue weighted by Gasteiger charge is 2.30. The van der Waals surface area contributed by atoms with Gasteiger partial charge in [0, 0.05) is 25.7 Å². The highest BCUT2D eigenvalue weighted by molar-refractivity contribution is 5.82. The second kappa shape index (κ2) is 7.22. The number of aliphatic hydroxyl groups excluding tert-OH is 1. The summed E-state index contributed by atoms with van der Waals surface area (Å²) in [4.78, 5) is 14.6. The molecule has 3 unspecified atom stereocenters. The van der Waals surface area contributed by atoms with Gasteiger partial charge in [-0.05, 0) is 31.4 Å². The number of hydrogen-bond donors (Lipinski definition) is 3. The van der Waals surface area contributed by atoms with Crippen LogP contribution in [0.1, 0.15) is 24.8 Å². The van der Waals surface area contributed by atoms with Crippen molar-refractivity contribution in [1.29, 1.82) is 0 Å². The fourth-order valence-corrected chi connectivity index (χ4v) is 3.38. The van der Waals surface area contributed by atoms with Gasteiger partial charge in [0.05, 0.1) is 12.1 Å². The van der Waals surface area contributed by atoms with Gasteiger partial charge in [0.1, 0.15) is 0 Å². The summed E-state index contributed by atoms with van der Waals surface area (Å²) in [6.07, 6.45) is 2.27. The third-order valence-corrected chi connectivity index (χ3v) is 4.53. The minimum atomic E-state index is -0.392. The highest BCUT2D eigenvalue weighted by atomic mass is 16.3. The van der Waals surface area contributed by atoms with E-state index in [9.17, 15) is 9.90 Å². The molecule has 0 saturated carbocycles. The zero-order valence-electron chi connectivity index (χ0n) is 12.9. The van der Waals surface area contributed by atoms with Crippen LogP contribution in [0.25, 0.3) is 0 Å². The molecule has 120 valence electrons. The van der Waals surface area contributed by atoms with Crippen LogP contribution in [0.15, 0.2) is 30.3 Å². The van der Waals surface area contributed by atoms with Crippen molar-refractivity contribution in [2.75, 3.05) is 19.6 Å². The minimum absolute atomic E-state index is 0.0307. The molecule has 0 radical (unpaired) electrons. The summed E-state index contributed by atoms with van der Waals surface area (Å²) >= 11 is 0. The lowest BCUT2D eigenvalue weighted by atomic mass is 10.0. The van der Waals surface area contributed by atoms with Gasteiger partial charge in [-0.2, -0.15) is 0 Å². The van der Waals surface area contributed by atoms with Crippen molar-refractivity contribution in [3.05, 3.63) is 35.9 Å². The van der Waals surface area contributed by atoms with Gasteiger partial charge in [-0.1, -0.05) is 30.3 Å². The van der Waals surface area contributed by atoms with E-state index in [4.69, 9.17) is 0 Å². The van der Waals surface area contributed by atoms with Crippen molar-refractivity contribution in [3.8, 4) is 0 Å². The third-order valence-electron chi connectivity index (χ3n) is 4.53. The van der Waals surface area contributed by atoms with E-state index >= 15 is 0 Å². The standard InChI is InChI=1S/C17H25N3O2/c21-15-9-16(18-10-15)17(22)19-14-7-4-8-20(12-14)11-13-5-2-1-3-6-13/h1-3,5-6,14-16,18,21H,4,7-12H2,(H,19,22). The fourth-order valence-electron chi connectivity index (χ4n) is 3.38. The average molecular weight is 303 g/mol. The highest BCUT2D eigenvalue weighted by Crippen LogP contribution is 2.14. The van der Waals surface area contributed by atoms with Crippen LogP contribution >= 0.6 is 0 Å². The van der Waals surface area contributed by atoms with E-state index in [-0.39, 0.29) is 18.0 Å². The number of piperidine rings is 1. The van der Waals surface area contributed by atoms with E-state index in [2.05, 4.69) is 39.8 Å². The normalized spacial score (nSPS) is 29.4. The van der Waals surface area contributed by atoms with Crippen LogP contribution < -0.4 is 10.6 Å². The maximum absolute atomic E-state index is 12.2. The molecule has 1 aromatic rings. The Balaban J connectivity index is 1.49. The maximum Gasteiger partial charge on any atom is 0.237 e. The Morgan fingerprint density at radius 2 is 2.18 bits per heavy atom. The first-order valence-corrected chi connectivity index (χ1v) is 8.19. The molecule has 0 bridgehead atoms. The third kappa shape index (κ3) is 4.06. The van der Waals surface area contributed by atoms with Crippen LogP contribution in [-0.2, 0) is 11.3 Å². The first-order chi connectivity index (χ1) is 10.7. The lowest BCUT2D eigenvalue weighted by Crippen LogP contribution is -2.51. The molecule has 2 heterocycles. The lowest BCUT2D eigenvalue weighted by Gasteiger charge is -2.33. The Bertz CT molecular complexity index is 494. The van der Waals surface area contributed by atoms with E-state index in [1.54, 1.807) is 0 Å². The second-order valence-corrected chi connectivity index (χ2v) is 6.42. The van der Waals surface area contributed by atoms with E-state index in [1.807, 2.05) is 6.07 Å². The number of carbonyl (C=O) groups is 1. The number of hydrogen-bond acceptors (Lipinski definition) is 4. The topological polar surface area (TPSA) is 64.6 Å². The summed E-state index contributed by atoms with van der Waals surface area (Å²) in [5, 5.41) is 15.7. The number of rotatable bonds is 4. The lowest BCUT2D eigenvalue weighted by molar-refractivity contribution is -0.124. The molecular weight excluding hydrogens is 278 g/mol. The van der Waals surface area contributed by atoms with E-state index in [1.165, 1.54) is 5.56 Å². The minimum Gasteiger partial charge on any atom is -0.392 e. The Morgan fingerprint density at radius 3 is 2.91 bits per heavy atom. The monoisotopic (exact) mass is 303 g/mol. The van der Waals surface area contributed by atoms with Gasteiger partial charge < -0.3 is 15.7 Å². The molecule has 3 atom stereocenters. The van der Waals surface area contributed by atoms with Gasteiger partial charge in [-0.15, -0.1) is 0 Å². The molecule has 2 aliphatic heterocycles. The first kappa shape index (κ1) is 15.5. The number of nitrogens with zero attached hydrogens (tertiary/aromatic N) is 1. The number of nitrogens with one attached hydrogen (secondary N) is 2. The molecule has 3 N–H and O–H groups in total. The van der Waals surface area contributed by atoms with Crippen molar-refractivity contribution in [1.82, 2.24) is 15.5 Å². The Morgan fingerprint density at radius 1 is 1.36 bits per heavy atom. The molecule has 0 spiro atoms. The predicted octanol–water partition coefficient (Wildman–Crippen LogP) is 0.490. The van der Waals surface area contributed by atoms with Crippen molar-refractivity contribution < 1.29 is 9.90 Å². The predicted molar refractivity (Wildman–Crippen MR) is 85.3 cm³/mol. The van der Waals surface area contributed by atoms with Gasteiger partial charge in [0.15, 0.2) is 0 Å². The Labute approximate surface area is 131 Å². The fraction of sp³-hybridized carbons (Fsp3) is 0.588. The number of benzene rings is 1. The summed E-state index contributed by atoms with van der Waals surface area (Å²) in [6, 6.07) is 10.4. The Kier molecular flexibility index (Phi) is 5.08. The van der Waals surface area contributed by atoms with E-state index in [0.717, 1.165) is 32.5 Å². The first-order valence-electron chi connectivity index (χ1n) is 8.19. The number of carbonyl (C=O) groups excluding carboxylic acids is 1. The van der Waals surface area contributed by atoms with Crippen molar-refractivity contribution in [2.45, 2.75) is 44.0 Å². The summed E-state index contributed by atoms with van der Waals surface area (Å²) in [5.74, 6) is 0.0307. The molecule has 2 aliphatic rings. The van der Waals surface area contributed by atoms with E-state index in [0.29, 0.717) is 13.0 Å². The van der Waals surface area contributed by atoms with Crippen molar-refractivity contribution in [3.63, 3.8) is 0 Å². The van der Waals surface area contributed by atoms with Gasteiger partial charge >= 0.3 is 0 Å². The molecule has 3 rings (SSSR count). The Hall–Kier alpha value is -1.43. The van der Waals surface area contributed by atoms with Crippen molar-refractivity contribution >= 4 is 5.91 Å². The molecule has 5 heteroatoms. The number of amides is 1. The summed E-state index contributed by atoms with van der Waals surface area (Å²) < 4.78 is 0. The molecule has 5 nitrogen and oxygen atoms in total. The van der Waals surface area contributed by atoms with Gasteiger partial charge in [0.2, 0.25) is 5.91 Å². The van der Waals surface area contributed by atoms with Crippen LogP contribution in [0.4, 0.5) is 0 Å². The average Bonchev–Trinajstić information content (AvgIpc) is 2.95. The molecule has 0 aromatic heterocycles. The number of aliphatic hydroxyl groups is 1. The number of β-amino-alcohol motifs (C(OH)–C–C–N with tert-alkyl or cyclic N) is 1.